The number of hydrogen-bond donors (Lipinski definition) is 2. The number of amides is 2. The second-order valence-electron chi connectivity index (χ2n) is 9.55. The van der Waals surface area contributed by atoms with E-state index in [0.29, 0.717) is 36.0 Å². The molecule has 0 atom stereocenters. The quantitative estimate of drug-likeness (QED) is 0.395. The normalized spacial score (nSPS) is 13.7. The summed E-state index contributed by atoms with van der Waals surface area (Å²) < 4.78 is 19.9. The highest BCUT2D eigenvalue weighted by molar-refractivity contribution is 6.05. The van der Waals surface area contributed by atoms with Crippen molar-refractivity contribution in [1.29, 1.82) is 0 Å². The number of halogens is 1. The molecule has 0 radical (unpaired) electrons. The van der Waals surface area contributed by atoms with Gasteiger partial charge in [0, 0.05) is 49.1 Å². The molecule has 0 fully saturated rings. The average Bonchev–Trinajstić information content (AvgIpc) is 2.84. The van der Waals surface area contributed by atoms with Crippen LogP contribution >= 0.6 is 0 Å². The molecule has 198 valence electrons. The molecular weight excluding hydrogens is 463 g/mol. The minimum Gasteiger partial charge on any atom is -0.505 e. The van der Waals surface area contributed by atoms with Gasteiger partial charge in [-0.3, -0.25) is 14.7 Å². The maximum Gasteiger partial charge on any atom is 0.330 e. The van der Waals surface area contributed by atoms with Crippen molar-refractivity contribution in [1.82, 2.24) is 14.9 Å². The Labute approximate surface area is 213 Å². The van der Waals surface area contributed by atoms with Gasteiger partial charge in [-0.15, -0.1) is 0 Å². The number of ether oxygens (including phenoxy) is 1. The van der Waals surface area contributed by atoms with Crippen LogP contribution < -0.4 is 19.9 Å². The smallest absolute Gasteiger partial charge is 0.330 e. The standard InChI is InChI=1S/C26H39FN6O3/c1-7-31-24-19(16-33(26(31)35)21-13-20(36-6)14-22(34)23(21)27)15-29-25(30-24)28-11-9-8-10-12-32(17(2)3)18(4)5/h13-15,17-18,34H,7-12,16H2,1-6H3,(H,28,29,30). The van der Waals surface area contributed by atoms with E-state index in [1.54, 1.807) is 6.20 Å². The second-order valence-corrected chi connectivity index (χ2v) is 9.55. The molecule has 2 N–H and O–H groups in total. The molecule has 36 heavy (non-hydrogen) atoms. The van der Waals surface area contributed by atoms with Crippen molar-refractivity contribution < 1.29 is 19.0 Å². The van der Waals surface area contributed by atoms with Crippen molar-refractivity contribution in [2.75, 3.05) is 41.9 Å². The van der Waals surface area contributed by atoms with Crippen molar-refractivity contribution in [3.63, 3.8) is 0 Å². The second kappa shape index (κ2) is 12.2. The highest BCUT2D eigenvalue weighted by Crippen LogP contribution is 2.37. The first-order chi connectivity index (χ1) is 17.2. The minimum absolute atomic E-state index is 0.0587. The zero-order valence-electron chi connectivity index (χ0n) is 22.2. The van der Waals surface area contributed by atoms with Gasteiger partial charge in [-0.05, 0) is 54.0 Å². The largest absolute Gasteiger partial charge is 0.505 e. The lowest BCUT2D eigenvalue weighted by Crippen LogP contribution is -2.48. The molecule has 1 aliphatic heterocycles. The molecular formula is C26H39FN6O3. The molecule has 3 rings (SSSR count). The monoisotopic (exact) mass is 502 g/mol. The van der Waals surface area contributed by atoms with Crippen molar-refractivity contribution in [2.24, 2.45) is 0 Å². The zero-order chi connectivity index (χ0) is 26.4. The molecule has 1 aromatic heterocycles. The number of nitrogens with zero attached hydrogens (tertiary/aromatic N) is 5. The Kier molecular flexibility index (Phi) is 9.31. The van der Waals surface area contributed by atoms with Crippen LogP contribution in [0.5, 0.6) is 11.5 Å². The summed E-state index contributed by atoms with van der Waals surface area (Å²) in [5, 5.41) is 13.2. The van der Waals surface area contributed by atoms with Crippen LogP contribution in [0.3, 0.4) is 0 Å². The van der Waals surface area contributed by atoms with E-state index in [1.165, 1.54) is 29.0 Å². The number of carbonyl (C=O) groups excluding carboxylic acids is 1. The lowest BCUT2D eigenvalue weighted by Gasteiger charge is -2.35. The number of hydrogen-bond acceptors (Lipinski definition) is 7. The molecule has 9 nitrogen and oxygen atoms in total. The maximum atomic E-state index is 14.7. The third-order valence-corrected chi connectivity index (χ3v) is 6.44. The molecule has 0 bridgehead atoms. The van der Waals surface area contributed by atoms with Crippen molar-refractivity contribution in [3.8, 4) is 11.5 Å². The van der Waals surface area contributed by atoms with Crippen molar-refractivity contribution in [3.05, 3.63) is 29.7 Å². The lowest BCUT2D eigenvalue weighted by atomic mass is 10.1. The maximum absolute atomic E-state index is 14.7. The summed E-state index contributed by atoms with van der Waals surface area (Å²) in [6.45, 7) is 13.0. The summed E-state index contributed by atoms with van der Waals surface area (Å²) in [5.74, 6) is -0.240. The summed E-state index contributed by atoms with van der Waals surface area (Å²) in [6.07, 6.45) is 4.88. The first-order valence-electron chi connectivity index (χ1n) is 12.7. The molecule has 0 saturated carbocycles. The van der Waals surface area contributed by atoms with Gasteiger partial charge >= 0.3 is 6.03 Å². The van der Waals surface area contributed by atoms with Crippen LogP contribution in [0.25, 0.3) is 0 Å². The van der Waals surface area contributed by atoms with E-state index < -0.39 is 17.6 Å². The predicted molar refractivity (Wildman–Crippen MR) is 141 cm³/mol. The van der Waals surface area contributed by atoms with Crippen LogP contribution in [0.1, 0.15) is 59.4 Å². The first kappa shape index (κ1) is 27.4. The summed E-state index contributed by atoms with van der Waals surface area (Å²) in [4.78, 5) is 27.5. The Morgan fingerprint density at radius 2 is 1.92 bits per heavy atom. The van der Waals surface area contributed by atoms with Crippen LogP contribution in [0, 0.1) is 5.82 Å². The minimum atomic E-state index is -0.882. The Morgan fingerprint density at radius 3 is 2.56 bits per heavy atom. The number of benzene rings is 1. The van der Waals surface area contributed by atoms with Crippen molar-refractivity contribution >= 4 is 23.5 Å². The van der Waals surface area contributed by atoms with Crippen LogP contribution in [0.2, 0.25) is 0 Å². The molecule has 1 aromatic carbocycles. The molecule has 10 heteroatoms. The molecule has 0 spiro atoms. The lowest BCUT2D eigenvalue weighted by molar-refractivity contribution is 0.171. The number of urea groups is 1. The van der Waals surface area contributed by atoms with E-state index in [4.69, 9.17) is 4.74 Å². The Hall–Kier alpha value is -3.14. The molecule has 0 unspecified atom stereocenters. The van der Waals surface area contributed by atoms with Gasteiger partial charge in [-0.25, -0.2) is 14.2 Å². The van der Waals surface area contributed by atoms with E-state index in [9.17, 15) is 14.3 Å². The summed E-state index contributed by atoms with van der Waals surface area (Å²) in [5.41, 5.74) is 0.628. The highest BCUT2D eigenvalue weighted by Gasteiger charge is 2.34. The molecule has 2 aromatic rings. The van der Waals surface area contributed by atoms with Crippen LogP contribution in [0.4, 0.5) is 26.6 Å². The number of rotatable bonds is 12. The van der Waals surface area contributed by atoms with E-state index in [-0.39, 0.29) is 18.0 Å². The Bertz CT molecular complexity index is 1040. The number of fused-ring (bicyclic) bond motifs is 1. The number of aromatic hydroxyl groups is 1. The molecule has 0 aliphatic carbocycles. The number of unbranched alkanes of at least 4 members (excludes halogenated alkanes) is 2. The summed E-state index contributed by atoms with van der Waals surface area (Å²) in [6, 6.07) is 3.21. The number of aromatic nitrogens is 2. The van der Waals surface area contributed by atoms with Gasteiger partial charge in [0.05, 0.1) is 19.3 Å². The van der Waals surface area contributed by atoms with Gasteiger partial charge in [-0.1, -0.05) is 6.42 Å². The van der Waals surface area contributed by atoms with E-state index >= 15 is 0 Å². The Balaban J connectivity index is 1.65. The SMILES string of the molecule is CCN1C(=O)N(c2cc(OC)cc(O)c2F)Cc2cnc(NCCCCCN(C(C)C)C(C)C)nc21. The first-order valence-corrected chi connectivity index (χ1v) is 12.7. The predicted octanol–water partition coefficient (Wildman–Crippen LogP) is 5.00. The summed E-state index contributed by atoms with van der Waals surface area (Å²) in [7, 11) is 1.41. The number of phenols is 1. The van der Waals surface area contributed by atoms with E-state index in [1.807, 2.05) is 6.92 Å². The number of methoxy groups -OCH3 is 1. The van der Waals surface area contributed by atoms with Crippen LogP contribution in [-0.4, -0.2) is 64.8 Å². The van der Waals surface area contributed by atoms with Gasteiger partial charge in [0.2, 0.25) is 5.95 Å². The number of nitrogens with one attached hydrogen (secondary N) is 1. The fourth-order valence-electron chi connectivity index (χ4n) is 4.57. The molecule has 0 saturated heterocycles. The van der Waals surface area contributed by atoms with Gasteiger partial charge in [0.25, 0.3) is 0 Å². The average molecular weight is 503 g/mol. The highest BCUT2D eigenvalue weighted by atomic mass is 19.1. The molecule has 2 amide bonds. The van der Waals surface area contributed by atoms with Crippen LogP contribution in [0.15, 0.2) is 18.3 Å². The number of anilines is 3. The molecule has 2 heterocycles. The van der Waals surface area contributed by atoms with Gasteiger partial charge < -0.3 is 15.2 Å². The van der Waals surface area contributed by atoms with E-state index in [0.717, 1.165) is 32.4 Å². The fraction of sp³-hybridized carbons (Fsp3) is 0.577. The van der Waals surface area contributed by atoms with Gasteiger partial charge in [0.1, 0.15) is 11.6 Å². The number of carbonyl (C=O) groups is 1. The van der Waals surface area contributed by atoms with Crippen LogP contribution in [-0.2, 0) is 6.54 Å². The van der Waals surface area contributed by atoms with Gasteiger partial charge in [-0.2, -0.15) is 4.98 Å². The molecule has 1 aliphatic rings. The third kappa shape index (κ3) is 6.16. The fourth-order valence-corrected chi connectivity index (χ4v) is 4.57. The summed E-state index contributed by atoms with van der Waals surface area (Å²) >= 11 is 0. The van der Waals surface area contributed by atoms with Crippen molar-refractivity contribution in [2.45, 2.75) is 72.5 Å². The number of phenolic OH excluding ortho intramolecular Hbond substituents is 1. The Morgan fingerprint density at radius 1 is 1.19 bits per heavy atom. The van der Waals surface area contributed by atoms with Gasteiger partial charge in [0.15, 0.2) is 11.6 Å². The topological polar surface area (TPSA) is 94.1 Å². The zero-order valence-corrected chi connectivity index (χ0v) is 22.2. The van der Waals surface area contributed by atoms with E-state index in [2.05, 4.69) is 47.9 Å². The third-order valence-electron chi connectivity index (χ3n) is 6.44.